The van der Waals surface area contributed by atoms with Crippen LogP contribution in [0.5, 0.6) is 0 Å². The summed E-state index contributed by atoms with van der Waals surface area (Å²) in [6.45, 7) is 20.4. The molecule has 222 valence electrons. The van der Waals surface area contributed by atoms with E-state index < -0.39 is 8.80 Å². The van der Waals surface area contributed by atoms with Crippen molar-refractivity contribution < 1.29 is 35.2 Å². The van der Waals surface area contributed by atoms with Crippen LogP contribution >= 0.6 is 0 Å². The maximum absolute atomic E-state index is 5.26. The fourth-order valence-electron chi connectivity index (χ4n) is 2.01. The second kappa shape index (κ2) is 64.2. The van der Waals surface area contributed by atoms with Gasteiger partial charge in [0, 0.05) is 65.5 Å². The van der Waals surface area contributed by atoms with Gasteiger partial charge in [-0.15, -0.1) is 0 Å². The lowest BCUT2D eigenvalue weighted by atomic mass is 10.4. The summed E-state index contributed by atoms with van der Waals surface area (Å²) < 4.78 is 15.8. The molecule has 0 rings (SSSR count). The highest BCUT2D eigenvalue weighted by Gasteiger charge is 2.36. The van der Waals surface area contributed by atoms with E-state index in [0.717, 1.165) is 6.04 Å². The zero-order chi connectivity index (χ0) is 24.5. The van der Waals surface area contributed by atoms with E-state index in [-0.39, 0.29) is 31.4 Å². The van der Waals surface area contributed by atoms with Crippen molar-refractivity contribution in [2.45, 2.75) is 123 Å². The molecule has 0 aromatic carbocycles. The molecule has 34 heavy (non-hydrogen) atoms. The van der Waals surface area contributed by atoms with E-state index in [2.05, 4.69) is 60.8 Å². The molecule has 0 aliphatic heterocycles. The zero-order valence-corrected chi connectivity index (χ0v) is 32.3. The van der Waals surface area contributed by atoms with Gasteiger partial charge >= 0.3 is 8.80 Å². The lowest BCUT2D eigenvalue weighted by Gasteiger charge is -2.23. The molecule has 0 radical (unpaired) electrons. The Morgan fingerprint density at radius 1 is 0.441 bits per heavy atom. The maximum Gasteiger partial charge on any atom is 0.499 e. The third-order valence-corrected chi connectivity index (χ3v) is 13.2. The average molecular weight is 589 g/mol. The monoisotopic (exact) mass is 588 g/mol. The Labute approximate surface area is 226 Å². The largest absolute Gasteiger partial charge is 0.499 e. The summed E-state index contributed by atoms with van der Waals surface area (Å²) in [5.74, 6) is 0. The summed E-state index contributed by atoms with van der Waals surface area (Å²) in [4.78, 5) is 0. The van der Waals surface area contributed by atoms with Crippen molar-refractivity contribution in [1.82, 2.24) is 0 Å². The molecule has 0 aromatic heterocycles. The molecular formula is C22H72O7Si5. The number of hydrogen-bond donors (Lipinski definition) is 0. The van der Waals surface area contributed by atoms with Gasteiger partial charge in [0.15, 0.2) is 0 Å². The lowest BCUT2D eigenvalue weighted by Crippen LogP contribution is -2.42. The molecule has 8 N–H and O–H groups in total. The molecule has 0 unspecified atom stereocenters. The summed E-state index contributed by atoms with van der Waals surface area (Å²) in [5.41, 5.74) is 0. The fourth-order valence-corrected chi connectivity index (χ4v) is 8.39. The average Bonchev–Trinajstić information content (AvgIpc) is 2.78. The van der Waals surface area contributed by atoms with Crippen LogP contribution in [0.15, 0.2) is 0 Å². The summed E-state index contributed by atoms with van der Waals surface area (Å²) in [5, 5.41) is 0. The molecule has 0 spiro atoms. The van der Waals surface area contributed by atoms with Gasteiger partial charge in [-0.2, -0.15) is 0 Å². The Morgan fingerprint density at radius 2 is 0.676 bits per heavy atom. The van der Waals surface area contributed by atoms with Crippen LogP contribution in [-0.4, -0.2) is 90.1 Å². The van der Waals surface area contributed by atoms with Gasteiger partial charge in [-0.3, -0.25) is 0 Å². The molecule has 12 heteroatoms. The Hall–Kier alpha value is 0.804. The van der Waals surface area contributed by atoms with Crippen molar-refractivity contribution in [3.8, 4) is 0 Å². The van der Waals surface area contributed by atoms with Crippen LogP contribution in [0.1, 0.15) is 66.7 Å². The molecule has 0 aliphatic rings. The summed E-state index contributed by atoms with van der Waals surface area (Å²) in [6, 6.07) is 6.79. The normalized spacial score (nSPS) is 9.88. The minimum Gasteiger partial charge on any atom is -0.412 e. The first kappa shape index (κ1) is 59.7. The maximum atomic E-state index is 5.26. The molecule has 0 saturated carbocycles. The van der Waals surface area contributed by atoms with Gasteiger partial charge in [-0.1, -0.05) is 117 Å². The Kier molecular flexibility index (Phi) is 113. The number of hydrogen-bond acceptors (Lipinski definition) is 3. The van der Waals surface area contributed by atoms with Crippen molar-refractivity contribution in [1.29, 1.82) is 0 Å². The lowest BCUT2D eigenvalue weighted by molar-refractivity contribution is 0.125. The van der Waals surface area contributed by atoms with E-state index in [1.807, 2.05) is 0 Å². The second-order valence-corrected chi connectivity index (χ2v) is 17.4. The summed E-state index contributed by atoms with van der Waals surface area (Å²) in [7, 11) is 4.13. The quantitative estimate of drug-likeness (QED) is 0.303. The van der Waals surface area contributed by atoms with E-state index in [1.165, 1.54) is 56.3 Å². The molecule has 7 nitrogen and oxygen atoms in total. The van der Waals surface area contributed by atoms with Crippen LogP contribution in [0.3, 0.4) is 0 Å². The van der Waals surface area contributed by atoms with E-state index in [4.69, 9.17) is 13.3 Å². The third kappa shape index (κ3) is 69.8. The number of rotatable bonds is 13. The first-order valence-electron chi connectivity index (χ1n) is 13.1. The van der Waals surface area contributed by atoms with E-state index in [0.29, 0.717) is 28.6 Å². The molecule has 0 atom stereocenters. The minimum absolute atomic E-state index is 0. The summed E-state index contributed by atoms with van der Waals surface area (Å²) >= 11 is 0. The minimum atomic E-state index is -2.20. The van der Waals surface area contributed by atoms with Crippen LogP contribution in [0.2, 0.25) is 56.4 Å². The summed E-state index contributed by atoms with van der Waals surface area (Å²) in [6.07, 6.45) is 6.86. The third-order valence-electron chi connectivity index (χ3n) is 4.39. The SMILES string of the molecule is CCCC.CCC[SiH2]C.CCC[SiH2]C.CCC[SiH2]C.CO[Si](CC[SiH2]C)(OC)OC.O.O.O.O. The first-order valence-corrected chi connectivity index (χ1v) is 24.6. The van der Waals surface area contributed by atoms with Gasteiger partial charge < -0.3 is 35.2 Å². The highest BCUT2D eigenvalue weighted by molar-refractivity contribution is 6.61. The molecular weight excluding hydrogens is 517 g/mol. The van der Waals surface area contributed by atoms with Gasteiger partial charge in [-0.25, -0.2) is 0 Å². The molecule has 0 fully saturated rings. The molecule has 0 aliphatic carbocycles. The van der Waals surface area contributed by atoms with Gasteiger partial charge in [0.1, 0.15) is 0 Å². The van der Waals surface area contributed by atoms with Crippen molar-refractivity contribution >= 4 is 46.9 Å². The van der Waals surface area contributed by atoms with E-state index in [9.17, 15) is 0 Å². The number of unbranched alkanes of at least 4 members (excludes halogenated alkanes) is 1. The second-order valence-electron chi connectivity index (χ2n) is 7.46. The van der Waals surface area contributed by atoms with E-state index >= 15 is 0 Å². The topological polar surface area (TPSA) is 154 Å². The standard InChI is InChI=1S/C6H18O3Si2.3C4H12Si.C4H10.4H2O/c1-7-11(8-2,9-3)6-5-10-4;3*1-3-4-5-2;1-3-4-2;;;;/h5-6,10H2,1-4H3;3*3-5H2,1-2H3;3-4H2,1-2H3;4*1H2. The van der Waals surface area contributed by atoms with Gasteiger partial charge in [0.25, 0.3) is 0 Å². The van der Waals surface area contributed by atoms with Crippen molar-refractivity contribution in [2.24, 2.45) is 0 Å². The highest BCUT2D eigenvalue weighted by atomic mass is 28.4. The van der Waals surface area contributed by atoms with Gasteiger partial charge in [-0.05, 0) is 0 Å². The molecule has 0 saturated heterocycles. The molecule has 0 heterocycles. The van der Waals surface area contributed by atoms with Crippen molar-refractivity contribution in [2.75, 3.05) is 21.3 Å². The van der Waals surface area contributed by atoms with Crippen molar-refractivity contribution in [3.63, 3.8) is 0 Å². The van der Waals surface area contributed by atoms with Crippen LogP contribution in [-0.2, 0) is 13.3 Å². The first-order chi connectivity index (χ1) is 14.4. The highest BCUT2D eigenvalue weighted by Crippen LogP contribution is 2.14. The van der Waals surface area contributed by atoms with Crippen LogP contribution < -0.4 is 0 Å². The smallest absolute Gasteiger partial charge is 0.412 e. The van der Waals surface area contributed by atoms with Crippen molar-refractivity contribution in [3.05, 3.63) is 0 Å². The Morgan fingerprint density at radius 3 is 0.765 bits per heavy atom. The van der Waals surface area contributed by atoms with Crippen LogP contribution in [0.25, 0.3) is 0 Å². The zero-order valence-electron chi connectivity index (χ0n) is 25.6. The van der Waals surface area contributed by atoms with Gasteiger partial charge in [0.05, 0.1) is 0 Å². The molecule has 0 bridgehead atoms. The fraction of sp³-hybridized carbons (Fsp3) is 1.00. The predicted octanol–water partition coefficient (Wildman–Crippen LogP) is 2.10. The Bertz CT molecular complexity index is 215. The van der Waals surface area contributed by atoms with Crippen LogP contribution in [0, 0.1) is 0 Å². The van der Waals surface area contributed by atoms with Crippen LogP contribution in [0.4, 0.5) is 0 Å². The van der Waals surface area contributed by atoms with E-state index in [1.54, 1.807) is 21.3 Å². The molecule has 0 amide bonds. The van der Waals surface area contributed by atoms with Gasteiger partial charge in [0.2, 0.25) is 0 Å². The molecule has 0 aromatic rings. The predicted molar refractivity (Wildman–Crippen MR) is 174 cm³/mol. The Balaban J connectivity index is -0.0000000339.